The summed E-state index contributed by atoms with van der Waals surface area (Å²) in [7, 11) is 3.38. The zero-order valence-corrected chi connectivity index (χ0v) is 18.2. The van der Waals surface area contributed by atoms with Gasteiger partial charge in [0, 0.05) is 31.2 Å². The number of H-pyrrole nitrogens is 1. The van der Waals surface area contributed by atoms with Gasteiger partial charge in [0.15, 0.2) is 0 Å². The number of aromatic nitrogens is 5. The van der Waals surface area contributed by atoms with Gasteiger partial charge >= 0.3 is 0 Å². The molecule has 0 aromatic carbocycles. The topological polar surface area (TPSA) is 127 Å². The molecule has 0 unspecified atom stereocenters. The molecule has 0 saturated heterocycles. The molecule has 0 spiro atoms. The van der Waals surface area contributed by atoms with Crippen molar-refractivity contribution in [3.05, 3.63) is 48.0 Å². The van der Waals surface area contributed by atoms with Crippen LogP contribution in [-0.2, 0) is 11.8 Å². The molecule has 4 rings (SSSR count). The van der Waals surface area contributed by atoms with Crippen LogP contribution in [0.2, 0.25) is 0 Å². The lowest BCUT2D eigenvalue weighted by Gasteiger charge is -2.10. The number of amides is 2. The SMILES string of the molecule is CCC(=O)Nc1cnc(C)c(NC(=O)c2cnc3[nH]c(-c4cn(C)nc4OC)cc3c2)c1. The minimum absolute atomic E-state index is 0.129. The molecule has 0 atom stereocenters. The Kier molecular flexibility index (Phi) is 5.59. The van der Waals surface area contributed by atoms with Crippen LogP contribution in [-0.4, -0.2) is 43.7 Å². The van der Waals surface area contributed by atoms with Gasteiger partial charge in [-0.05, 0) is 25.1 Å². The van der Waals surface area contributed by atoms with E-state index in [2.05, 4.69) is 30.7 Å². The second-order valence-electron chi connectivity index (χ2n) is 7.28. The molecule has 2 amide bonds. The van der Waals surface area contributed by atoms with Crippen LogP contribution >= 0.6 is 0 Å². The molecule has 4 heterocycles. The molecule has 10 heteroatoms. The van der Waals surface area contributed by atoms with Crippen molar-refractivity contribution in [3.8, 4) is 17.1 Å². The predicted octanol–water partition coefficient (Wildman–Crippen LogP) is 3.28. The number of fused-ring (bicyclic) bond motifs is 1. The maximum atomic E-state index is 12.9. The van der Waals surface area contributed by atoms with Gasteiger partial charge in [0.1, 0.15) is 5.65 Å². The number of anilines is 2. The minimum Gasteiger partial charge on any atom is -0.479 e. The third-order valence-corrected chi connectivity index (χ3v) is 4.95. The van der Waals surface area contributed by atoms with E-state index in [9.17, 15) is 9.59 Å². The third kappa shape index (κ3) is 4.15. The van der Waals surface area contributed by atoms with Gasteiger partial charge in [-0.3, -0.25) is 19.3 Å². The van der Waals surface area contributed by atoms with Crippen LogP contribution in [0.5, 0.6) is 5.88 Å². The summed E-state index contributed by atoms with van der Waals surface area (Å²) in [5, 5.41) is 10.6. The maximum Gasteiger partial charge on any atom is 0.257 e. The maximum absolute atomic E-state index is 12.9. The molecule has 3 N–H and O–H groups in total. The van der Waals surface area contributed by atoms with E-state index in [0.717, 1.165) is 16.6 Å². The molecular formula is C22H23N7O3. The molecule has 0 bridgehead atoms. The lowest BCUT2D eigenvalue weighted by molar-refractivity contribution is -0.115. The van der Waals surface area contributed by atoms with Gasteiger partial charge in [-0.25, -0.2) is 4.98 Å². The van der Waals surface area contributed by atoms with E-state index in [1.54, 1.807) is 44.0 Å². The molecule has 0 aliphatic carbocycles. The fourth-order valence-corrected chi connectivity index (χ4v) is 3.26. The Hall–Kier alpha value is -4.21. The number of methoxy groups -OCH3 is 1. The van der Waals surface area contributed by atoms with Crippen LogP contribution < -0.4 is 15.4 Å². The van der Waals surface area contributed by atoms with Gasteiger partial charge in [0.05, 0.1) is 47.2 Å². The molecule has 0 aliphatic heterocycles. The lowest BCUT2D eigenvalue weighted by atomic mass is 10.2. The summed E-state index contributed by atoms with van der Waals surface area (Å²) in [4.78, 5) is 36.4. The highest BCUT2D eigenvalue weighted by molar-refractivity contribution is 6.06. The Morgan fingerprint density at radius 1 is 1.16 bits per heavy atom. The number of nitrogens with one attached hydrogen (secondary N) is 3. The largest absolute Gasteiger partial charge is 0.479 e. The molecule has 164 valence electrons. The molecule has 4 aromatic heterocycles. The fourth-order valence-electron chi connectivity index (χ4n) is 3.26. The standard InChI is InChI=1S/C22H23N7O3/c1-5-19(30)25-15-8-17(12(2)23-10-15)27-21(31)14-6-13-7-18(26-20(13)24-9-14)16-11-29(3)28-22(16)32-4/h6-11H,5H2,1-4H3,(H,24,26)(H,25,30)(H,27,31). The van der Waals surface area contributed by atoms with Gasteiger partial charge in [-0.1, -0.05) is 6.92 Å². The van der Waals surface area contributed by atoms with E-state index < -0.39 is 0 Å². The van der Waals surface area contributed by atoms with Gasteiger partial charge < -0.3 is 20.4 Å². The summed E-state index contributed by atoms with van der Waals surface area (Å²) in [5.41, 5.74) is 4.29. The number of rotatable bonds is 6. The highest BCUT2D eigenvalue weighted by Crippen LogP contribution is 2.30. The van der Waals surface area contributed by atoms with Crippen LogP contribution in [0, 0.1) is 6.92 Å². The van der Waals surface area contributed by atoms with Crippen molar-refractivity contribution in [2.75, 3.05) is 17.7 Å². The van der Waals surface area contributed by atoms with Crippen LogP contribution in [0.25, 0.3) is 22.3 Å². The first-order chi connectivity index (χ1) is 15.4. The number of carbonyl (C=O) groups is 2. The Morgan fingerprint density at radius 3 is 2.72 bits per heavy atom. The van der Waals surface area contributed by atoms with Crippen molar-refractivity contribution in [3.63, 3.8) is 0 Å². The molecule has 0 radical (unpaired) electrons. The lowest BCUT2D eigenvalue weighted by Crippen LogP contribution is -2.15. The van der Waals surface area contributed by atoms with Crippen LogP contribution in [0.1, 0.15) is 29.4 Å². The Bertz CT molecular complexity index is 1320. The predicted molar refractivity (Wildman–Crippen MR) is 121 cm³/mol. The second kappa shape index (κ2) is 8.50. The van der Waals surface area contributed by atoms with E-state index in [0.29, 0.717) is 40.6 Å². The molecular weight excluding hydrogens is 410 g/mol. The number of nitrogens with zero attached hydrogens (tertiary/aromatic N) is 4. The third-order valence-electron chi connectivity index (χ3n) is 4.95. The van der Waals surface area contributed by atoms with Crippen LogP contribution in [0.3, 0.4) is 0 Å². The summed E-state index contributed by atoms with van der Waals surface area (Å²) in [6, 6.07) is 5.33. The summed E-state index contributed by atoms with van der Waals surface area (Å²) in [5.74, 6) is 0.0381. The number of ether oxygens (including phenoxy) is 1. The normalized spacial score (nSPS) is 10.9. The van der Waals surface area contributed by atoms with Gasteiger partial charge in [0.25, 0.3) is 5.91 Å². The van der Waals surface area contributed by atoms with E-state index in [4.69, 9.17) is 4.74 Å². The number of aryl methyl sites for hydroxylation is 2. The summed E-state index contributed by atoms with van der Waals surface area (Å²) in [6.07, 6.45) is 5.26. The van der Waals surface area contributed by atoms with E-state index >= 15 is 0 Å². The van der Waals surface area contributed by atoms with Gasteiger partial charge in [-0.2, -0.15) is 0 Å². The van der Waals surface area contributed by atoms with Crippen molar-refractivity contribution in [2.24, 2.45) is 7.05 Å². The highest BCUT2D eigenvalue weighted by atomic mass is 16.5. The van der Waals surface area contributed by atoms with Crippen molar-refractivity contribution in [1.82, 2.24) is 24.7 Å². The van der Waals surface area contributed by atoms with E-state index in [1.807, 2.05) is 19.3 Å². The van der Waals surface area contributed by atoms with Crippen LogP contribution in [0.4, 0.5) is 11.4 Å². The monoisotopic (exact) mass is 433 g/mol. The van der Waals surface area contributed by atoms with Gasteiger partial charge in [0.2, 0.25) is 11.8 Å². The first kappa shape index (κ1) is 21.0. The summed E-state index contributed by atoms with van der Waals surface area (Å²) >= 11 is 0. The number of hydrogen-bond acceptors (Lipinski definition) is 6. The van der Waals surface area contributed by atoms with Crippen molar-refractivity contribution >= 4 is 34.2 Å². The first-order valence-corrected chi connectivity index (χ1v) is 10.0. The molecule has 10 nitrogen and oxygen atoms in total. The summed E-state index contributed by atoms with van der Waals surface area (Å²) < 4.78 is 6.99. The van der Waals surface area contributed by atoms with Gasteiger partial charge in [-0.15, -0.1) is 5.10 Å². The average molecular weight is 433 g/mol. The molecule has 32 heavy (non-hydrogen) atoms. The zero-order valence-electron chi connectivity index (χ0n) is 18.2. The smallest absolute Gasteiger partial charge is 0.257 e. The highest BCUT2D eigenvalue weighted by Gasteiger charge is 2.16. The number of aromatic amines is 1. The minimum atomic E-state index is -0.329. The Morgan fingerprint density at radius 2 is 1.97 bits per heavy atom. The van der Waals surface area contributed by atoms with Crippen LogP contribution in [0.15, 0.2) is 36.8 Å². The molecule has 0 fully saturated rings. The number of hydrogen-bond donors (Lipinski definition) is 3. The Balaban J connectivity index is 1.59. The van der Waals surface area contributed by atoms with E-state index in [1.165, 1.54) is 6.20 Å². The summed E-state index contributed by atoms with van der Waals surface area (Å²) in [6.45, 7) is 3.54. The second-order valence-corrected chi connectivity index (χ2v) is 7.28. The average Bonchev–Trinajstić information content (AvgIpc) is 3.38. The molecule has 0 saturated carbocycles. The van der Waals surface area contributed by atoms with Crippen molar-refractivity contribution in [1.29, 1.82) is 0 Å². The molecule has 0 aliphatic rings. The quantitative estimate of drug-likeness (QED) is 0.428. The van der Waals surface area contributed by atoms with Crippen molar-refractivity contribution in [2.45, 2.75) is 20.3 Å². The number of carbonyl (C=O) groups excluding carboxylic acids is 2. The fraction of sp³-hybridized carbons (Fsp3) is 0.227. The Labute approximate surface area is 184 Å². The molecule has 4 aromatic rings. The zero-order chi connectivity index (χ0) is 22.8. The van der Waals surface area contributed by atoms with E-state index in [-0.39, 0.29) is 11.8 Å². The van der Waals surface area contributed by atoms with Crippen molar-refractivity contribution < 1.29 is 14.3 Å². The first-order valence-electron chi connectivity index (χ1n) is 10.0. The number of pyridine rings is 2.